The van der Waals surface area contributed by atoms with E-state index < -0.39 is 24.4 Å². The number of halogens is 4. The molecule has 2 aliphatic rings. The molecule has 2 aliphatic heterocycles. The lowest BCUT2D eigenvalue weighted by atomic mass is 10.2. The molecule has 2 heterocycles. The first-order chi connectivity index (χ1) is 12.3. The van der Waals surface area contributed by atoms with Gasteiger partial charge in [0.2, 0.25) is 0 Å². The number of benzene rings is 1. The van der Waals surface area contributed by atoms with Crippen LogP contribution in [0.5, 0.6) is 5.75 Å². The molecule has 7 nitrogen and oxygen atoms in total. The predicted molar refractivity (Wildman–Crippen MR) is 85.2 cm³/mol. The SMILES string of the molecule is O=C(N1CCNC(OC(=O)C(F)(F)F)C1)N1CCOc2cc(Cl)ccc21. The van der Waals surface area contributed by atoms with Gasteiger partial charge in [0.15, 0.2) is 6.23 Å². The maximum atomic E-state index is 12.8. The molecule has 0 spiro atoms. The molecule has 1 saturated heterocycles. The standard InChI is InChI=1S/C15H15ClF3N3O4/c16-9-1-2-10-11(7-9)25-6-5-22(10)14(24)21-4-3-20-12(8-21)26-13(23)15(17,18)19/h1-2,7,12,20H,3-6,8H2. The Morgan fingerprint density at radius 3 is 2.81 bits per heavy atom. The normalized spacial score (nSPS) is 20.2. The number of ether oxygens (including phenoxy) is 2. The molecule has 2 amide bonds. The number of amides is 2. The van der Waals surface area contributed by atoms with Gasteiger partial charge in [-0.25, -0.2) is 9.59 Å². The Hall–Kier alpha value is -2.20. The molecular weight excluding hydrogens is 379 g/mol. The van der Waals surface area contributed by atoms with Crippen LogP contribution >= 0.6 is 11.6 Å². The van der Waals surface area contributed by atoms with Gasteiger partial charge >= 0.3 is 18.2 Å². The summed E-state index contributed by atoms with van der Waals surface area (Å²) < 4.78 is 46.9. The number of esters is 1. The van der Waals surface area contributed by atoms with Crippen molar-refractivity contribution in [3.63, 3.8) is 0 Å². The molecule has 0 saturated carbocycles. The zero-order valence-corrected chi connectivity index (χ0v) is 14.1. The summed E-state index contributed by atoms with van der Waals surface area (Å²) in [6, 6.07) is 4.42. The molecule has 26 heavy (non-hydrogen) atoms. The van der Waals surface area contributed by atoms with Crippen LogP contribution in [-0.4, -0.2) is 62.1 Å². The van der Waals surface area contributed by atoms with Gasteiger partial charge in [-0.15, -0.1) is 0 Å². The third-order valence-electron chi connectivity index (χ3n) is 3.91. The zero-order chi connectivity index (χ0) is 18.9. The molecule has 1 aromatic rings. The lowest BCUT2D eigenvalue weighted by molar-refractivity contribution is -0.207. The molecule has 0 aromatic heterocycles. The summed E-state index contributed by atoms with van der Waals surface area (Å²) in [5, 5.41) is 3.10. The fraction of sp³-hybridized carbons (Fsp3) is 0.467. The average molecular weight is 394 g/mol. The highest BCUT2D eigenvalue weighted by Crippen LogP contribution is 2.34. The molecule has 0 bridgehead atoms. The first-order valence-corrected chi connectivity index (χ1v) is 8.13. The van der Waals surface area contributed by atoms with E-state index in [-0.39, 0.29) is 32.8 Å². The first kappa shape index (κ1) is 18.6. The second-order valence-electron chi connectivity index (χ2n) is 5.69. The quantitative estimate of drug-likeness (QED) is 0.739. The van der Waals surface area contributed by atoms with Gasteiger partial charge in [0.25, 0.3) is 0 Å². The highest BCUT2D eigenvalue weighted by atomic mass is 35.5. The first-order valence-electron chi connectivity index (χ1n) is 7.75. The molecule has 1 unspecified atom stereocenters. The van der Waals surface area contributed by atoms with Gasteiger partial charge in [-0.05, 0) is 12.1 Å². The van der Waals surface area contributed by atoms with E-state index in [1.165, 1.54) is 9.80 Å². The number of carbonyl (C=O) groups is 2. The second kappa shape index (κ2) is 7.20. The zero-order valence-electron chi connectivity index (χ0n) is 13.4. The van der Waals surface area contributed by atoms with Gasteiger partial charge in [0.1, 0.15) is 12.4 Å². The van der Waals surface area contributed by atoms with Crippen molar-refractivity contribution in [1.29, 1.82) is 0 Å². The van der Waals surface area contributed by atoms with Crippen LogP contribution < -0.4 is 15.0 Å². The topological polar surface area (TPSA) is 71.1 Å². The Morgan fingerprint density at radius 1 is 1.31 bits per heavy atom. The van der Waals surface area contributed by atoms with Crippen LogP contribution in [0, 0.1) is 0 Å². The summed E-state index contributed by atoms with van der Waals surface area (Å²) in [7, 11) is 0. The van der Waals surface area contributed by atoms with E-state index in [1.54, 1.807) is 18.2 Å². The maximum absolute atomic E-state index is 12.8. The van der Waals surface area contributed by atoms with Crippen LogP contribution in [0.1, 0.15) is 0 Å². The van der Waals surface area contributed by atoms with E-state index in [0.29, 0.717) is 16.5 Å². The third-order valence-corrected chi connectivity index (χ3v) is 4.14. The van der Waals surface area contributed by atoms with E-state index in [4.69, 9.17) is 16.3 Å². The molecule has 3 rings (SSSR count). The van der Waals surface area contributed by atoms with E-state index in [1.807, 2.05) is 0 Å². The number of hydrogen-bond acceptors (Lipinski definition) is 5. The minimum absolute atomic E-state index is 0.194. The minimum Gasteiger partial charge on any atom is -0.489 e. The molecule has 1 aromatic carbocycles. The minimum atomic E-state index is -5.09. The van der Waals surface area contributed by atoms with Gasteiger partial charge < -0.3 is 14.4 Å². The number of nitrogens with one attached hydrogen (secondary N) is 1. The van der Waals surface area contributed by atoms with Gasteiger partial charge in [-0.1, -0.05) is 11.6 Å². The summed E-state index contributed by atoms with van der Waals surface area (Å²) in [5.41, 5.74) is 0.521. The van der Waals surface area contributed by atoms with Crippen molar-refractivity contribution in [1.82, 2.24) is 10.2 Å². The van der Waals surface area contributed by atoms with Crippen molar-refractivity contribution in [2.24, 2.45) is 0 Å². The number of fused-ring (bicyclic) bond motifs is 1. The summed E-state index contributed by atoms with van der Waals surface area (Å²) in [6.07, 6.45) is -6.32. The average Bonchev–Trinajstić information content (AvgIpc) is 2.59. The molecule has 142 valence electrons. The number of urea groups is 1. The highest BCUT2D eigenvalue weighted by Gasteiger charge is 2.43. The van der Waals surface area contributed by atoms with Gasteiger partial charge in [-0.3, -0.25) is 10.2 Å². The third kappa shape index (κ3) is 3.96. The van der Waals surface area contributed by atoms with Crippen molar-refractivity contribution in [3.05, 3.63) is 23.2 Å². The monoisotopic (exact) mass is 393 g/mol. The lowest BCUT2D eigenvalue weighted by Crippen LogP contribution is -2.58. The molecule has 1 N–H and O–H groups in total. The van der Waals surface area contributed by atoms with Crippen LogP contribution in [0.4, 0.5) is 23.7 Å². The van der Waals surface area contributed by atoms with Crippen LogP contribution in [0.3, 0.4) is 0 Å². The molecule has 0 aliphatic carbocycles. The van der Waals surface area contributed by atoms with E-state index in [2.05, 4.69) is 10.1 Å². The summed E-state index contributed by atoms with van der Waals surface area (Å²) in [5.74, 6) is -1.84. The number of carbonyl (C=O) groups excluding carboxylic acids is 2. The van der Waals surface area contributed by atoms with Crippen molar-refractivity contribution < 1.29 is 32.2 Å². The lowest BCUT2D eigenvalue weighted by Gasteiger charge is -2.38. The number of piperazine rings is 1. The number of rotatable bonds is 1. The van der Waals surface area contributed by atoms with Crippen LogP contribution in [0.25, 0.3) is 0 Å². The summed E-state index contributed by atoms with van der Waals surface area (Å²) in [6.45, 7) is 0.807. The Balaban J connectivity index is 1.70. The van der Waals surface area contributed by atoms with E-state index >= 15 is 0 Å². The van der Waals surface area contributed by atoms with Crippen LogP contribution in [0.2, 0.25) is 5.02 Å². The Bertz CT molecular complexity index is 716. The van der Waals surface area contributed by atoms with E-state index in [9.17, 15) is 22.8 Å². The fourth-order valence-corrected chi connectivity index (χ4v) is 2.89. The van der Waals surface area contributed by atoms with Crippen molar-refractivity contribution >= 4 is 29.3 Å². The molecule has 1 fully saturated rings. The Kier molecular flexibility index (Phi) is 5.15. The predicted octanol–water partition coefficient (Wildman–Crippen LogP) is 2.00. The number of nitrogens with zero attached hydrogens (tertiary/aromatic N) is 2. The molecule has 1 atom stereocenters. The summed E-state index contributed by atoms with van der Waals surface area (Å²) >= 11 is 5.91. The summed E-state index contributed by atoms with van der Waals surface area (Å²) in [4.78, 5) is 26.6. The number of anilines is 1. The van der Waals surface area contributed by atoms with Gasteiger partial charge in [0.05, 0.1) is 18.8 Å². The van der Waals surface area contributed by atoms with Gasteiger partial charge in [-0.2, -0.15) is 13.2 Å². The highest BCUT2D eigenvalue weighted by molar-refractivity contribution is 6.30. The number of alkyl halides is 3. The molecule has 0 radical (unpaired) electrons. The Labute approximate surface area is 151 Å². The van der Waals surface area contributed by atoms with Gasteiger partial charge in [0, 0.05) is 24.2 Å². The van der Waals surface area contributed by atoms with Crippen LogP contribution in [-0.2, 0) is 9.53 Å². The van der Waals surface area contributed by atoms with Crippen molar-refractivity contribution in [2.45, 2.75) is 12.4 Å². The smallest absolute Gasteiger partial charge is 0.489 e. The fourth-order valence-electron chi connectivity index (χ4n) is 2.73. The second-order valence-corrected chi connectivity index (χ2v) is 6.12. The van der Waals surface area contributed by atoms with Crippen molar-refractivity contribution in [3.8, 4) is 5.75 Å². The van der Waals surface area contributed by atoms with Crippen LogP contribution in [0.15, 0.2) is 18.2 Å². The maximum Gasteiger partial charge on any atom is 0.490 e. The molecular formula is C15H15ClF3N3O4. The molecule has 11 heteroatoms. The van der Waals surface area contributed by atoms with E-state index in [0.717, 1.165) is 0 Å². The largest absolute Gasteiger partial charge is 0.490 e. The number of hydrogen-bond donors (Lipinski definition) is 1. The Morgan fingerprint density at radius 2 is 2.08 bits per heavy atom. The van der Waals surface area contributed by atoms with Crippen molar-refractivity contribution in [2.75, 3.05) is 37.7 Å².